The molecular formula is C6H4N2OS. The van der Waals surface area contributed by atoms with Gasteiger partial charge in [0.2, 0.25) is 0 Å². The monoisotopic (exact) mass is 152 g/mol. The highest BCUT2D eigenvalue weighted by atomic mass is 32.1. The number of rotatable bonds is 0. The summed E-state index contributed by atoms with van der Waals surface area (Å²) in [6.45, 7) is 0. The fourth-order valence-corrected chi connectivity index (χ4v) is 1.47. The van der Waals surface area contributed by atoms with E-state index >= 15 is 0 Å². The Morgan fingerprint density at radius 2 is 2.50 bits per heavy atom. The van der Waals surface area contributed by atoms with Crippen molar-refractivity contribution >= 4 is 21.7 Å². The van der Waals surface area contributed by atoms with E-state index in [-0.39, 0.29) is 5.56 Å². The molecule has 4 heteroatoms. The molecule has 1 N–H and O–H groups in total. The average Bonchev–Trinajstić information content (AvgIpc) is 2.33. The van der Waals surface area contributed by atoms with Crippen molar-refractivity contribution in [2.75, 3.05) is 0 Å². The van der Waals surface area contributed by atoms with Gasteiger partial charge in [0.25, 0.3) is 5.56 Å². The van der Waals surface area contributed by atoms with Crippen molar-refractivity contribution in [3.8, 4) is 0 Å². The minimum Gasteiger partial charge on any atom is -0.319 e. The van der Waals surface area contributed by atoms with Crippen LogP contribution >= 0.6 is 11.3 Å². The summed E-state index contributed by atoms with van der Waals surface area (Å²) in [5.74, 6) is 0. The van der Waals surface area contributed by atoms with Crippen LogP contribution in [0.3, 0.4) is 0 Å². The van der Waals surface area contributed by atoms with E-state index in [0.29, 0.717) is 0 Å². The fourth-order valence-electron chi connectivity index (χ4n) is 0.779. The molecule has 2 heterocycles. The van der Waals surface area contributed by atoms with Gasteiger partial charge < -0.3 is 4.98 Å². The SMILES string of the molecule is O=c1cnc2sccc2[nH]1. The second-order valence-electron chi connectivity index (χ2n) is 1.89. The maximum atomic E-state index is 10.7. The number of hydrogen-bond donors (Lipinski definition) is 1. The third-order valence-corrected chi connectivity index (χ3v) is 2.02. The molecule has 0 atom stereocenters. The Labute approximate surface area is 60.4 Å². The molecule has 2 aromatic heterocycles. The molecule has 0 aliphatic heterocycles. The standard InChI is InChI=1S/C6H4N2OS/c9-5-3-7-6-4(8-5)1-2-10-6/h1-3H,(H,8,9). The van der Waals surface area contributed by atoms with Crippen LogP contribution < -0.4 is 5.56 Å². The molecule has 2 rings (SSSR count). The zero-order chi connectivity index (χ0) is 6.97. The van der Waals surface area contributed by atoms with Crippen molar-refractivity contribution in [2.45, 2.75) is 0 Å². The highest BCUT2D eigenvalue weighted by Gasteiger charge is 1.93. The van der Waals surface area contributed by atoms with Gasteiger partial charge in [0.05, 0.1) is 11.7 Å². The molecule has 0 bridgehead atoms. The molecule has 0 fully saturated rings. The maximum absolute atomic E-state index is 10.7. The van der Waals surface area contributed by atoms with Crippen LogP contribution in [0, 0.1) is 0 Å². The quantitative estimate of drug-likeness (QED) is 0.611. The van der Waals surface area contributed by atoms with Gasteiger partial charge in [-0.15, -0.1) is 11.3 Å². The number of hydrogen-bond acceptors (Lipinski definition) is 3. The van der Waals surface area contributed by atoms with E-state index in [1.165, 1.54) is 17.5 Å². The van der Waals surface area contributed by atoms with Crippen molar-refractivity contribution < 1.29 is 0 Å². The van der Waals surface area contributed by atoms with Crippen LogP contribution in [0.25, 0.3) is 10.3 Å². The second-order valence-corrected chi connectivity index (χ2v) is 2.78. The lowest BCUT2D eigenvalue weighted by molar-refractivity contribution is 1.23. The highest BCUT2D eigenvalue weighted by molar-refractivity contribution is 7.16. The fraction of sp³-hybridized carbons (Fsp3) is 0. The largest absolute Gasteiger partial charge is 0.319 e. The molecule has 0 radical (unpaired) electrons. The number of nitrogens with zero attached hydrogens (tertiary/aromatic N) is 1. The highest BCUT2D eigenvalue weighted by Crippen LogP contribution is 2.12. The predicted molar refractivity (Wildman–Crippen MR) is 40.2 cm³/mol. The van der Waals surface area contributed by atoms with Crippen LogP contribution in [-0.4, -0.2) is 9.97 Å². The molecule has 0 aliphatic rings. The molecule has 0 amide bonds. The summed E-state index contributed by atoms with van der Waals surface area (Å²) < 4.78 is 0. The Balaban J connectivity index is 2.99. The summed E-state index contributed by atoms with van der Waals surface area (Å²) in [4.78, 5) is 18.1. The first-order valence-corrected chi connectivity index (χ1v) is 3.67. The molecule has 50 valence electrons. The predicted octanol–water partition coefficient (Wildman–Crippen LogP) is 0.985. The lowest BCUT2D eigenvalue weighted by Gasteiger charge is -1.83. The van der Waals surface area contributed by atoms with Gasteiger partial charge in [0.1, 0.15) is 4.83 Å². The summed E-state index contributed by atoms with van der Waals surface area (Å²) in [5.41, 5.74) is 0.670. The van der Waals surface area contributed by atoms with E-state index in [0.717, 1.165) is 10.3 Å². The van der Waals surface area contributed by atoms with Crippen molar-refractivity contribution in [1.82, 2.24) is 9.97 Å². The van der Waals surface area contributed by atoms with Gasteiger partial charge >= 0.3 is 0 Å². The zero-order valence-electron chi connectivity index (χ0n) is 5.00. The van der Waals surface area contributed by atoms with Crippen LogP contribution in [0.5, 0.6) is 0 Å². The van der Waals surface area contributed by atoms with Crippen LogP contribution in [0.15, 0.2) is 22.4 Å². The first-order chi connectivity index (χ1) is 4.86. The molecule has 0 saturated carbocycles. The summed E-state index contributed by atoms with van der Waals surface area (Å²) in [6.07, 6.45) is 1.29. The summed E-state index contributed by atoms with van der Waals surface area (Å²) in [5, 5.41) is 1.90. The lowest BCUT2D eigenvalue weighted by atomic mass is 10.5. The van der Waals surface area contributed by atoms with E-state index in [2.05, 4.69) is 9.97 Å². The third kappa shape index (κ3) is 0.733. The van der Waals surface area contributed by atoms with Gasteiger partial charge in [-0.1, -0.05) is 0 Å². The summed E-state index contributed by atoms with van der Waals surface area (Å²) in [6, 6.07) is 1.84. The van der Waals surface area contributed by atoms with Crippen LogP contribution in [0.2, 0.25) is 0 Å². The second kappa shape index (κ2) is 1.91. The van der Waals surface area contributed by atoms with Gasteiger partial charge in [0, 0.05) is 0 Å². The Bertz CT molecular complexity index is 403. The van der Waals surface area contributed by atoms with Gasteiger partial charge in [-0.25, -0.2) is 4.98 Å². The topological polar surface area (TPSA) is 45.8 Å². The molecule has 0 aliphatic carbocycles. The van der Waals surface area contributed by atoms with Gasteiger partial charge in [-0.05, 0) is 11.4 Å². The number of thiophene rings is 1. The molecule has 10 heavy (non-hydrogen) atoms. The Morgan fingerprint density at radius 3 is 3.40 bits per heavy atom. The smallest absolute Gasteiger partial charge is 0.266 e. The van der Waals surface area contributed by atoms with E-state index < -0.39 is 0 Å². The van der Waals surface area contributed by atoms with Crippen LogP contribution in [0.1, 0.15) is 0 Å². The first-order valence-electron chi connectivity index (χ1n) is 2.79. The van der Waals surface area contributed by atoms with Gasteiger partial charge in [0.15, 0.2) is 0 Å². The zero-order valence-corrected chi connectivity index (χ0v) is 5.81. The van der Waals surface area contributed by atoms with Crippen molar-refractivity contribution in [1.29, 1.82) is 0 Å². The molecule has 0 unspecified atom stereocenters. The molecule has 0 aromatic carbocycles. The molecular weight excluding hydrogens is 148 g/mol. The van der Waals surface area contributed by atoms with Gasteiger partial charge in [-0.2, -0.15) is 0 Å². The van der Waals surface area contributed by atoms with Crippen molar-refractivity contribution in [2.24, 2.45) is 0 Å². The third-order valence-electron chi connectivity index (χ3n) is 1.20. The van der Waals surface area contributed by atoms with Crippen molar-refractivity contribution in [3.05, 3.63) is 28.0 Å². The number of nitrogens with one attached hydrogen (secondary N) is 1. The molecule has 2 aromatic rings. The maximum Gasteiger partial charge on any atom is 0.266 e. The van der Waals surface area contributed by atoms with Gasteiger partial charge in [-0.3, -0.25) is 4.79 Å². The molecule has 0 saturated heterocycles. The summed E-state index contributed by atoms with van der Waals surface area (Å²) in [7, 11) is 0. The normalized spacial score (nSPS) is 10.4. The average molecular weight is 152 g/mol. The van der Waals surface area contributed by atoms with E-state index in [1.54, 1.807) is 0 Å². The summed E-state index contributed by atoms with van der Waals surface area (Å²) >= 11 is 1.51. The number of aromatic amines is 1. The Morgan fingerprint density at radius 1 is 1.60 bits per heavy atom. The Kier molecular flexibility index (Phi) is 1.07. The minimum absolute atomic E-state index is 0.147. The molecule has 3 nitrogen and oxygen atoms in total. The van der Waals surface area contributed by atoms with E-state index in [4.69, 9.17) is 0 Å². The van der Waals surface area contributed by atoms with E-state index in [1.807, 2.05) is 11.4 Å². The first kappa shape index (κ1) is 5.61. The lowest BCUT2D eigenvalue weighted by Crippen LogP contribution is -2.02. The molecule has 0 spiro atoms. The minimum atomic E-state index is -0.147. The van der Waals surface area contributed by atoms with Crippen molar-refractivity contribution in [3.63, 3.8) is 0 Å². The van der Waals surface area contributed by atoms with Crippen LogP contribution in [-0.2, 0) is 0 Å². The number of aromatic nitrogens is 2. The Hall–Kier alpha value is -1.16. The number of fused-ring (bicyclic) bond motifs is 1. The van der Waals surface area contributed by atoms with Crippen LogP contribution in [0.4, 0.5) is 0 Å². The number of H-pyrrole nitrogens is 1. The van der Waals surface area contributed by atoms with E-state index in [9.17, 15) is 4.79 Å².